The number of nitrogens with zero attached hydrogens (tertiary/aromatic N) is 1. The van der Waals surface area contributed by atoms with E-state index in [1.54, 1.807) is 0 Å². The van der Waals surface area contributed by atoms with E-state index >= 15 is 0 Å². The number of hydrogen-bond acceptors (Lipinski definition) is 2. The Morgan fingerprint density at radius 1 is 1.26 bits per heavy atom. The minimum Gasteiger partial charge on any atom is -0.324 e. The third-order valence-corrected chi connectivity index (χ3v) is 4.29. The highest BCUT2D eigenvalue weighted by atomic mass is 79.9. The molecule has 108 valence electrons. The number of benzene rings is 1. The highest BCUT2D eigenvalue weighted by Gasteiger charge is 2.24. The molecule has 1 fully saturated rings. The maximum atomic E-state index is 6.09. The van der Waals surface area contributed by atoms with Crippen molar-refractivity contribution in [1.29, 1.82) is 0 Å². The Labute approximate surface area is 131 Å². The molecule has 0 aliphatic carbocycles. The van der Waals surface area contributed by atoms with Crippen LogP contribution in [0.4, 0.5) is 0 Å². The summed E-state index contributed by atoms with van der Waals surface area (Å²) < 4.78 is 1.25. The van der Waals surface area contributed by atoms with Crippen molar-refractivity contribution in [3.8, 4) is 0 Å². The van der Waals surface area contributed by atoms with Crippen LogP contribution in [0.1, 0.15) is 38.2 Å². The Balaban J connectivity index is 0.00000180. The van der Waals surface area contributed by atoms with Gasteiger partial charge in [0.25, 0.3) is 0 Å². The molecule has 0 spiro atoms. The highest BCUT2D eigenvalue weighted by molar-refractivity contribution is 9.10. The Morgan fingerprint density at radius 3 is 2.37 bits per heavy atom. The van der Waals surface area contributed by atoms with Gasteiger partial charge in [-0.2, -0.15) is 0 Å². The van der Waals surface area contributed by atoms with Crippen molar-refractivity contribution in [2.75, 3.05) is 19.6 Å². The molecule has 0 atom stereocenters. The smallest absolute Gasteiger partial charge is 0.0226 e. The van der Waals surface area contributed by atoms with Crippen LogP contribution in [0.5, 0.6) is 0 Å². The third kappa shape index (κ3) is 5.07. The molecule has 19 heavy (non-hydrogen) atoms. The molecule has 1 aromatic carbocycles. The molecule has 2 rings (SSSR count). The number of nitrogens with two attached hydrogens (primary N) is 1. The lowest BCUT2D eigenvalue weighted by atomic mass is 9.89. The van der Waals surface area contributed by atoms with Crippen LogP contribution in [0.25, 0.3) is 0 Å². The molecule has 1 aromatic rings. The second kappa shape index (κ2) is 7.07. The first-order chi connectivity index (χ1) is 8.46. The highest BCUT2D eigenvalue weighted by Crippen LogP contribution is 2.32. The molecule has 0 unspecified atom stereocenters. The Kier molecular flexibility index (Phi) is 6.31. The monoisotopic (exact) mass is 346 g/mol. The van der Waals surface area contributed by atoms with Gasteiger partial charge in [-0.25, -0.2) is 0 Å². The van der Waals surface area contributed by atoms with Crippen LogP contribution in [0.15, 0.2) is 28.7 Å². The van der Waals surface area contributed by atoms with Crippen LogP contribution >= 0.6 is 28.3 Å². The quantitative estimate of drug-likeness (QED) is 0.901. The molecule has 0 aromatic heterocycles. The predicted molar refractivity (Wildman–Crippen MR) is 88.1 cm³/mol. The number of halogens is 2. The van der Waals surface area contributed by atoms with E-state index in [9.17, 15) is 0 Å². The van der Waals surface area contributed by atoms with Crippen LogP contribution in [-0.2, 0) is 0 Å². The van der Waals surface area contributed by atoms with E-state index < -0.39 is 0 Å². The van der Waals surface area contributed by atoms with Gasteiger partial charge in [0, 0.05) is 16.6 Å². The summed E-state index contributed by atoms with van der Waals surface area (Å²) in [6.07, 6.45) is 2.47. The average molecular weight is 348 g/mol. The predicted octanol–water partition coefficient (Wildman–Crippen LogP) is 3.79. The first kappa shape index (κ1) is 17.0. The zero-order valence-corrected chi connectivity index (χ0v) is 14.1. The van der Waals surface area contributed by atoms with Crippen molar-refractivity contribution in [2.45, 2.75) is 38.1 Å². The topological polar surface area (TPSA) is 29.3 Å². The fraction of sp³-hybridized carbons (Fsp3) is 0.600. The summed E-state index contributed by atoms with van der Waals surface area (Å²) >= 11 is 3.66. The lowest BCUT2D eigenvalue weighted by Gasteiger charge is -2.36. The van der Waals surface area contributed by atoms with Gasteiger partial charge in [-0.3, -0.25) is 0 Å². The summed E-state index contributed by atoms with van der Waals surface area (Å²) in [7, 11) is 0. The zero-order chi connectivity index (χ0) is 13.2. The summed E-state index contributed by atoms with van der Waals surface area (Å²) in [4.78, 5) is 2.49. The Morgan fingerprint density at radius 2 is 1.84 bits per heavy atom. The molecule has 0 saturated carbocycles. The lowest BCUT2D eigenvalue weighted by Crippen LogP contribution is -2.47. The summed E-state index contributed by atoms with van der Waals surface area (Å²) in [5.74, 6) is 0.692. The molecule has 1 saturated heterocycles. The fourth-order valence-corrected chi connectivity index (χ4v) is 3.39. The minimum atomic E-state index is -0.0832. The SMILES string of the molecule is CC(C)(N)CN1CCC(c2ccccc2Br)CC1.Cl. The second-order valence-corrected chi connectivity index (χ2v) is 6.91. The van der Waals surface area contributed by atoms with Gasteiger partial charge in [-0.05, 0) is 57.3 Å². The van der Waals surface area contributed by atoms with Crippen molar-refractivity contribution in [3.63, 3.8) is 0 Å². The number of rotatable bonds is 3. The van der Waals surface area contributed by atoms with Crippen LogP contribution in [0, 0.1) is 0 Å². The molecule has 0 radical (unpaired) electrons. The van der Waals surface area contributed by atoms with Gasteiger partial charge in [-0.1, -0.05) is 34.1 Å². The second-order valence-electron chi connectivity index (χ2n) is 6.06. The van der Waals surface area contributed by atoms with E-state index in [1.807, 2.05) is 0 Å². The van der Waals surface area contributed by atoms with Crippen LogP contribution < -0.4 is 5.73 Å². The summed E-state index contributed by atoms with van der Waals surface area (Å²) in [6.45, 7) is 7.52. The standard InChI is InChI=1S/C15H23BrN2.ClH/c1-15(2,17)11-18-9-7-12(8-10-18)13-5-3-4-6-14(13)16;/h3-6,12H,7-11,17H2,1-2H3;1H. The van der Waals surface area contributed by atoms with E-state index in [-0.39, 0.29) is 17.9 Å². The maximum Gasteiger partial charge on any atom is 0.0226 e. The third-order valence-electron chi connectivity index (χ3n) is 3.56. The zero-order valence-electron chi connectivity index (χ0n) is 11.7. The Bertz CT molecular complexity index is 395. The molecule has 4 heteroatoms. The molecular weight excluding hydrogens is 324 g/mol. The summed E-state index contributed by atoms with van der Waals surface area (Å²) in [6, 6.07) is 8.61. The van der Waals surface area contributed by atoms with Crippen LogP contribution in [0.2, 0.25) is 0 Å². The number of hydrogen-bond donors (Lipinski definition) is 1. The largest absolute Gasteiger partial charge is 0.324 e. The van der Waals surface area contributed by atoms with Crippen molar-refractivity contribution in [3.05, 3.63) is 34.3 Å². The maximum absolute atomic E-state index is 6.09. The summed E-state index contributed by atoms with van der Waals surface area (Å²) in [5, 5.41) is 0. The fourth-order valence-electron chi connectivity index (χ4n) is 2.78. The van der Waals surface area contributed by atoms with Gasteiger partial charge in [0.1, 0.15) is 0 Å². The molecule has 1 aliphatic heterocycles. The molecular formula is C15H24BrClN2. The van der Waals surface area contributed by atoms with Crippen molar-refractivity contribution in [1.82, 2.24) is 4.90 Å². The average Bonchev–Trinajstić information content (AvgIpc) is 2.29. The van der Waals surface area contributed by atoms with Gasteiger partial charge in [0.2, 0.25) is 0 Å². The van der Waals surface area contributed by atoms with E-state index in [0.29, 0.717) is 5.92 Å². The lowest BCUT2D eigenvalue weighted by molar-refractivity contribution is 0.179. The van der Waals surface area contributed by atoms with E-state index in [1.165, 1.54) is 22.9 Å². The normalized spacial score (nSPS) is 18.1. The van der Waals surface area contributed by atoms with Crippen LogP contribution in [-0.4, -0.2) is 30.1 Å². The molecule has 0 bridgehead atoms. The Hall–Kier alpha value is -0.0900. The van der Waals surface area contributed by atoms with Gasteiger partial charge in [0.05, 0.1) is 0 Å². The first-order valence-electron chi connectivity index (χ1n) is 6.71. The van der Waals surface area contributed by atoms with Gasteiger partial charge < -0.3 is 10.6 Å². The van der Waals surface area contributed by atoms with E-state index in [2.05, 4.69) is 58.9 Å². The number of likely N-dealkylation sites (tertiary alicyclic amines) is 1. The number of piperidine rings is 1. The van der Waals surface area contributed by atoms with Crippen molar-refractivity contribution < 1.29 is 0 Å². The summed E-state index contributed by atoms with van der Waals surface area (Å²) in [5.41, 5.74) is 7.47. The molecule has 1 heterocycles. The van der Waals surface area contributed by atoms with Gasteiger partial charge in [-0.15, -0.1) is 12.4 Å². The molecule has 0 amide bonds. The van der Waals surface area contributed by atoms with Crippen molar-refractivity contribution >= 4 is 28.3 Å². The molecule has 2 N–H and O–H groups in total. The van der Waals surface area contributed by atoms with Crippen LogP contribution in [0.3, 0.4) is 0 Å². The van der Waals surface area contributed by atoms with Crippen molar-refractivity contribution in [2.24, 2.45) is 5.73 Å². The minimum absolute atomic E-state index is 0. The van der Waals surface area contributed by atoms with Gasteiger partial charge >= 0.3 is 0 Å². The first-order valence-corrected chi connectivity index (χ1v) is 7.51. The van der Waals surface area contributed by atoms with E-state index in [0.717, 1.165) is 19.6 Å². The van der Waals surface area contributed by atoms with E-state index in [4.69, 9.17) is 5.73 Å². The van der Waals surface area contributed by atoms with Gasteiger partial charge in [0.15, 0.2) is 0 Å². The molecule has 1 aliphatic rings. The molecule has 2 nitrogen and oxygen atoms in total.